The predicted molar refractivity (Wildman–Crippen MR) is 59.2 cm³/mol. The molecule has 0 radical (unpaired) electrons. The van der Waals surface area contributed by atoms with Crippen molar-refractivity contribution < 1.29 is 9.50 Å². The van der Waals surface area contributed by atoms with Gasteiger partial charge in [0.1, 0.15) is 5.82 Å². The number of hydrogen-bond acceptors (Lipinski definition) is 2. The molecule has 3 N–H and O–H groups in total. The summed E-state index contributed by atoms with van der Waals surface area (Å²) in [5, 5.41) is 10.0. The molecule has 15 heavy (non-hydrogen) atoms. The molecule has 0 amide bonds. The molecule has 1 rings (SSSR count). The Morgan fingerprint density at radius 1 is 1.53 bits per heavy atom. The lowest BCUT2D eigenvalue weighted by atomic mass is 9.83. The van der Waals surface area contributed by atoms with Gasteiger partial charge in [0.05, 0.1) is 11.1 Å². The third kappa shape index (κ3) is 2.68. The lowest BCUT2D eigenvalue weighted by Gasteiger charge is -2.29. The fourth-order valence-electron chi connectivity index (χ4n) is 1.25. The van der Waals surface area contributed by atoms with Crippen LogP contribution in [0.2, 0.25) is 5.02 Å². The molecule has 84 valence electrons. The molecular weight excluding hydrogens is 217 g/mol. The van der Waals surface area contributed by atoms with E-state index in [2.05, 4.69) is 0 Å². The molecular formula is C11H15ClFNO. The SMILES string of the molecule is CC(C)(CN)C(O)c1ccc(F)c(Cl)c1. The third-order valence-corrected chi connectivity index (χ3v) is 2.82. The van der Waals surface area contributed by atoms with E-state index in [-0.39, 0.29) is 5.02 Å². The summed E-state index contributed by atoms with van der Waals surface area (Å²) < 4.78 is 12.9. The fourth-order valence-corrected chi connectivity index (χ4v) is 1.43. The Morgan fingerprint density at radius 3 is 2.60 bits per heavy atom. The Balaban J connectivity index is 3.02. The molecule has 0 spiro atoms. The average molecular weight is 232 g/mol. The van der Waals surface area contributed by atoms with Crippen LogP contribution < -0.4 is 5.73 Å². The highest BCUT2D eigenvalue weighted by Crippen LogP contribution is 2.33. The lowest BCUT2D eigenvalue weighted by Crippen LogP contribution is -2.30. The first-order valence-corrected chi connectivity index (χ1v) is 5.09. The first kappa shape index (κ1) is 12.4. The quantitative estimate of drug-likeness (QED) is 0.840. The van der Waals surface area contributed by atoms with Crippen molar-refractivity contribution in [2.75, 3.05) is 6.54 Å². The van der Waals surface area contributed by atoms with Gasteiger partial charge in [-0.25, -0.2) is 4.39 Å². The summed E-state index contributed by atoms with van der Waals surface area (Å²) in [6, 6.07) is 4.19. The molecule has 0 aromatic heterocycles. The number of nitrogens with two attached hydrogens (primary N) is 1. The maximum Gasteiger partial charge on any atom is 0.141 e. The predicted octanol–water partition coefficient (Wildman–Crippen LogP) is 2.50. The van der Waals surface area contributed by atoms with E-state index in [1.807, 2.05) is 13.8 Å². The first-order valence-electron chi connectivity index (χ1n) is 4.71. The fraction of sp³-hybridized carbons (Fsp3) is 0.455. The average Bonchev–Trinajstić information content (AvgIpc) is 2.21. The maximum absolute atomic E-state index is 12.9. The van der Waals surface area contributed by atoms with Crippen LogP contribution in [0.25, 0.3) is 0 Å². The molecule has 0 aliphatic rings. The van der Waals surface area contributed by atoms with Crippen LogP contribution in [-0.4, -0.2) is 11.7 Å². The molecule has 1 aromatic rings. The molecule has 1 aromatic carbocycles. The van der Waals surface area contributed by atoms with E-state index in [4.69, 9.17) is 17.3 Å². The zero-order chi connectivity index (χ0) is 11.6. The summed E-state index contributed by atoms with van der Waals surface area (Å²) in [6.45, 7) is 4.02. The largest absolute Gasteiger partial charge is 0.388 e. The van der Waals surface area contributed by atoms with Crippen LogP contribution in [0.5, 0.6) is 0 Å². The van der Waals surface area contributed by atoms with Crippen molar-refractivity contribution in [1.82, 2.24) is 0 Å². The number of hydrogen-bond donors (Lipinski definition) is 2. The van der Waals surface area contributed by atoms with Gasteiger partial charge in [0.25, 0.3) is 0 Å². The standard InChI is InChI=1S/C11H15ClFNO/c1-11(2,6-14)10(15)7-3-4-9(13)8(12)5-7/h3-5,10,15H,6,14H2,1-2H3. The van der Waals surface area contributed by atoms with Gasteiger partial charge in [0, 0.05) is 12.0 Å². The molecule has 0 heterocycles. The second-order valence-electron chi connectivity index (χ2n) is 4.27. The van der Waals surface area contributed by atoms with Crippen LogP contribution in [0.4, 0.5) is 4.39 Å². The summed E-state index contributed by atoms with van der Waals surface area (Å²) in [7, 11) is 0. The third-order valence-electron chi connectivity index (χ3n) is 2.53. The van der Waals surface area contributed by atoms with E-state index in [1.54, 1.807) is 0 Å². The normalized spacial score (nSPS) is 14.0. The number of aliphatic hydroxyl groups excluding tert-OH is 1. The second-order valence-corrected chi connectivity index (χ2v) is 4.68. The highest BCUT2D eigenvalue weighted by molar-refractivity contribution is 6.30. The van der Waals surface area contributed by atoms with Crippen molar-refractivity contribution in [1.29, 1.82) is 0 Å². The van der Waals surface area contributed by atoms with E-state index >= 15 is 0 Å². The highest BCUT2D eigenvalue weighted by atomic mass is 35.5. The Kier molecular flexibility index (Phi) is 3.71. The summed E-state index contributed by atoms with van der Waals surface area (Å²) in [5.74, 6) is -0.488. The van der Waals surface area contributed by atoms with Gasteiger partial charge < -0.3 is 10.8 Å². The minimum absolute atomic E-state index is 0.0133. The molecule has 0 fully saturated rings. The summed E-state index contributed by atoms with van der Waals surface area (Å²) in [5.41, 5.74) is 5.67. The van der Waals surface area contributed by atoms with Crippen molar-refractivity contribution in [2.24, 2.45) is 11.1 Å². The lowest BCUT2D eigenvalue weighted by molar-refractivity contribution is 0.0555. The number of halogens is 2. The van der Waals surface area contributed by atoms with Gasteiger partial charge in [-0.05, 0) is 17.7 Å². The smallest absolute Gasteiger partial charge is 0.141 e. The molecule has 1 atom stereocenters. The van der Waals surface area contributed by atoms with E-state index in [1.165, 1.54) is 18.2 Å². The van der Waals surface area contributed by atoms with E-state index in [0.717, 1.165) is 0 Å². The van der Waals surface area contributed by atoms with E-state index in [0.29, 0.717) is 12.1 Å². The van der Waals surface area contributed by atoms with Crippen molar-refractivity contribution in [2.45, 2.75) is 20.0 Å². The maximum atomic E-state index is 12.9. The van der Waals surface area contributed by atoms with Crippen molar-refractivity contribution in [3.63, 3.8) is 0 Å². The van der Waals surface area contributed by atoms with Gasteiger partial charge in [0.15, 0.2) is 0 Å². The number of aliphatic hydroxyl groups is 1. The molecule has 1 unspecified atom stereocenters. The Bertz CT molecular complexity index is 354. The van der Waals surface area contributed by atoms with Crippen molar-refractivity contribution in [3.05, 3.63) is 34.6 Å². The van der Waals surface area contributed by atoms with Gasteiger partial charge in [0.2, 0.25) is 0 Å². The van der Waals surface area contributed by atoms with Crippen molar-refractivity contribution in [3.8, 4) is 0 Å². The van der Waals surface area contributed by atoms with Crippen LogP contribution in [0, 0.1) is 11.2 Å². The molecule has 4 heteroatoms. The topological polar surface area (TPSA) is 46.2 Å². The molecule has 0 saturated carbocycles. The zero-order valence-corrected chi connectivity index (χ0v) is 9.55. The van der Waals surface area contributed by atoms with E-state index < -0.39 is 17.3 Å². The number of benzene rings is 1. The Morgan fingerprint density at radius 2 is 2.13 bits per heavy atom. The molecule has 0 bridgehead atoms. The van der Waals surface area contributed by atoms with Crippen LogP contribution in [-0.2, 0) is 0 Å². The first-order chi connectivity index (χ1) is 6.88. The number of rotatable bonds is 3. The molecule has 0 aliphatic heterocycles. The Labute approximate surface area is 93.9 Å². The molecule has 2 nitrogen and oxygen atoms in total. The van der Waals surface area contributed by atoms with E-state index in [9.17, 15) is 9.50 Å². The van der Waals surface area contributed by atoms with Gasteiger partial charge in [-0.1, -0.05) is 31.5 Å². The van der Waals surface area contributed by atoms with Crippen LogP contribution >= 0.6 is 11.6 Å². The summed E-state index contributed by atoms with van der Waals surface area (Å²) >= 11 is 5.63. The van der Waals surface area contributed by atoms with Gasteiger partial charge in [-0.2, -0.15) is 0 Å². The minimum Gasteiger partial charge on any atom is -0.388 e. The van der Waals surface area contributed by atoms with Crippen LogP contribution in [0.1, 0.15) is 25.5 Å². The molecule has 0 aliphatic carbocycles. The Hall–Kier alpha value is -0.640. The minimum atomic E-state index is -0.749. The molecule has 0 saturated heterocycles. The highest BCUT2D eigenvalue weighted by Gasteiger charge is 2.27. The van der Waals surface area contributed by atoms with Crippen molar-refractivity contribution >= 4 is 11.6 Å². The summed E-state index contributed by atoms with van der Waals surface area (Å²) in [4.78, 5) is 0. The van der Waals surface area contributed by atoms with Gasteiger partial charge >= 0.3 is 0 Å². The van der Waals surface area contributed by atoms with Crippen LogP contribution in [0.3, 0.4) is 0 Å². The van der Waals surface area contributed by atoms with Crippen LogP contribution in [0.15, 0.2) is 18.2 Å². The zero-order valence-electron chi connectivity index (χ0n) is 8.80. The summed E-state index contributed by atoms with van der Waals surface area (Å²) in [6.07, 6.45) is -0.749. The monoisotopic (exact) mass is 231 g/mol. The van der Waals surface area contributed by atoms with Gasteiger partial charge in [-0.3, -0.25) is 0 Å². The van der Waals surface area contributed by atoms with Gasteiger partial charge in [-0.15, -0.1) is 0 Å². The second kappa shape index (κ2) is 4.47.